The van der Waals surface area contributed by atoms with Crippen molar-refractivity contribution >= 4 is 12.1 Å². The molecule has 0 aromatic heterocycles. The lowest BCUT2D eigenvalue weighted by Gasteiger charge is -2.34. The highest BCUT2D eigenvalue weighted by atomic mass is 16.6. The van der Waals surface area contributed by atoms with Crippen molar-refractivity contribution in [3.63, 3.8) is 0 Å². The molecule has 0 saturated carbocycles. The van der Waals surface area contributed by atoms with Crippen LogP contribution >= 0.6 is 0 Å². The number of aliphatic carboxylic acids is 1. The number of carboxylic acids is 1. The minimum atomic E-state index is -0.751. The molecule has 1 amide bonds. The molecule has 1 heterocycles. The van der Waals surface area contributed by atoms with Crippen LogP contribution in [0.15, 0.2) is 0 Å². The highest BCUT2D eigenvalue weighted by molar-refractivity contribution is 5.68. The van der Waals surface area contributed by atoms with Crippen molar-refractivity contribution in [1.82, 2.24) is 10.2 Å². The van der Waals surface area contributed by atoms with Crippen molar-refractivity contribution in [2.45, 2.75) is 65.0 Å². The van der Waals surface area contributed by atoms with Gasteiger partial charge in [-0.25, -0.2) is 4.79 Å². The summed E-state index contributed by atoms with van der Waals surface area (Å²) < 4.78 is 5.38. The summed E-state index contributed by atoms with van der Waals surface area (Å²) in [6, 6.07) is 0.208. The molecule has 1 atom stereocenters. The molecule has 1 rings (SSSR count). The van der Waals surface area contributed by atoms with E-state index in [9.17, 15) is 9.59 Å². The number of nitrogens with zero attached hydrogens (tertiary/aromatic N) is 1. The molecule has 0 aromatic carbocycles. The number of carbonyl (C=O) groups excluding carboxylic acids is 1. The molecule has 1 aliphatic heterocycles. The number of carboxylic acid groups (broad SMARTS) is 1. The second kappa shape index (κ2) is 8.36. The van der Waals surface area contributed by atoms with Crippen LogP contribution in [0, 0.1) is 5.92 Å². The molecule has 0 bridgehead atoms. The summed E-state index contributed by atoms with van der Waals surface area (Å²) >= 11 is 0. The normalized spacial score (nSPS) is 18.1. The molecule has 2 N–H and O–H groups in total. The summed E-state index contributed by atoms with van der Waals surface area (Å²) in [7, 11) is 0. The zero-order valence-corrected chi connectivity index (χ0v) is 14.2. The summed E-state index contributed by atoms with van der Waals surface area (Å²) in [4.78, 5) is 24.3. The fourth-order valence-electron chi connectivity index (χ4n) is 2.46. The van der Waals surface area contributed by atoms with E-state index in [0.29, 0.717) is 12.3 Å². The first-order valence-electron chi connectivity index (χ1n) is 8.10. The molecule has 1 fully saturated rings. The highest BCUT2D eigenvalue weighted by Gasteiger charge is 2.26. The summed E-state index contributed by atoms with van der Waals surface area (Å²) in [6.07, 6.45) is 2.53. The number of likely N-dealkylation sites (tertiary alicyclic amines) is 1. The van der Waals surface area contributed by atoms with Crippen molar-refractivity contribution < 1.29 is 19.4 Å². The number of hydrogen-bond acceptors (Lipinski definition) is 4. The number of carbonyl (C=O) groups is 2. The second-order valence-corrected chi connectivity index (χ2v) is 7.15. The molecule has 22 heavy (non-hydrogen) atoms. The van der Waals surface area contributed by atoms with Gasteiger partial charge in [0.25, 0.3) is 0 Å². The van der Waals surface area contributed by atoms with Crippen molar-refractivity contribution in [3.05, 3.63) is 0 Å². The van der Waals surface area contributed by atoms with E-state index in [1.54, 1.807) is 4.90 Å². The molecular formula is C16H30N2O4. The van der Waals surface area contributed by atoms with Crippen LogP contribution in [-0.2, 0) is 9.53 Å². The van der Waals surface area contributed by atoms with E-state index in [4.69, 9.17) is 9.84 Å². The minimum Gasteiger partial charge on any atom is -0.481 e. The zero-order valence-electron chi connectivity index (χ0n) is 14.2. The van der Waals surface area contributed by atoms with E-state index >= 15 is 0 Å². The SMILES string of the molecule is CC(CCC(=O)O)NCC1CCN(C(=O)OC(C)(C)C)CC1. The number of ether oxygens (including phenoxy) is 1. The van der Waals surface area contributed by atoms with Gasteiger partial charge in [0.15, 0.2) is 0 Å². The maximum absolute atomic E-state index is 12.0. The first kappa shape index (κ1) is 18.7. The fourth-order valence-corrected chi connectivity index (χ4v) is 2.46. The molecule has 0 aliphatic carbocycles. The van der Waals surface area contributed by atoms with Gasteiger partial charge in [-0.1, -0.05) is 0 Å². The standard InChI is InChI=1S/C16H30N2O4/c1-12(5-6-14(19)20)17-11-13-7-9-18(10-8-13)15(21)22-16(2,3)4/h12-13,17H,5-11H2,1-4H3,(H,19,20). The maximum Gasteiger partial charge on any atom is 0.410 e. The Kier molecular flexibility index (Phi) is 7.13. The van der Waals surface area contributed by atoms with Crippen molar-refractivity contribution in [3.8, 4) is 0 Å². The Morgan fingerprint density at radius 3 is 2.41 bits per heavy atom. The van der Waals surface area contributed by atoms with Crippen LogP contribution in [0.5, 0.6) is 0 Å². The lowest BCUT2D eigenvalue weighted by molar-refractivity contribution is -0.137. The molecule has 0 aromatic rings. The Labute approximate surface area is 133 Å². The lowest BCUT2D eigenvalue weighted by Crippen LogP contribution is -2.44. The van der Waals surface area contributed by atoms with Crippen LogP contribution in [0.25, 0.3) is 0 Å². The van der Waals surface area contributed by atoms with Gasteiger partial charge in [0.1, 0.15) is 5.60 Å². The van der Waals surface area contributed by atoms with Gasteiger partial charge in [0, 0.05) is 25.6 Å². The van der Waals surface area contributed by atoms with Gasteiger partial charge in [0.05, 0.1) is 0 Å². The molecule has 0 radical (unpaired) electrons. The van der Waals surface area contributed by atoms with Gasteiger partial charge in [-0.3, -0.25) is 4.79 Å². The molecule has 1 unspecified atom stereocenters. The van der Waals surface area contributed by atoms with E-state index in [-0.39, 0.29) is 18.6 Å². The summed E-state index contributed by atoms with van der Waals surface area (Å²) in [5.74, 6) is -0.217. The van der Waals surface area contributed by atoms with E-state index in [0.717, 1.165) is 32.5 Å². The van der Waals surface area contributed by atoms with Crippen LogP contribution in [0.4, 0.5) is 4.79 Å². The number of amides is 1. The smallest absolute Gasteiger partial charge is 0.410 e. The topological polar surface area (TPSA) is 78.9 Å². The monoisotopic (exact) mass is 314 g/mol. The third-order valence-electron chi connectivity index (χ3n) is 3.81. The third-order valence-corrected chi connectivity index (χ3v) is 3.81. The Balaban J connectivity index is 2.22. The number of piperidine rings is 1. The van der Waals surface area contributed by atoms with E-state index in [2.05, 4.69) is 5.32 Å². The van der Waals surface area contributed by atoms with Gasteiger partial charge >= 0.3 is 12.1 Å². The van der Waals surface area contributed by atoms with Gasteiger partial charge in [0.2, 0.25) is 0 Å². The lowest BCUT2D eigenvalue weighted by atomic mass is 9.96. The average molecular weight is 314 g/mol. The third kappa shape index (κ3) is 7.64. The van der Waals surface area contributed by atoms with Crippen LogP contribution in [0.1, 0.15) is 53.4 Å². The predicted molar refractivity (Wildman–Crippen MR) is 84.9 cm³/mol. The molecule has 6 heteroatoms. The van der Waals surface area contributed by atoms with Crippen molar-refractivity contribution in [1.29, 1.82) is 0 Å². The quantitative estimate of drug-likeness (QED) is 0.787. The Morgan fingerprint density at radius 2 is 1.91 bits per heavy atom. The molecule has 0 spiro atoms. The van der Waals surface area contributed by atoms with Crippen LogP contribution in [0.3, 0.4) is 0 Å². The molecule has 1 saturated heterocycles. The zero-order chi connectivity index (χ0) is 16.8. The molecule has 128 valence electrons. The molecule has 1 aliphatic rings. The summed E-state index contributed by atoms with van der Waals surface area (Å²) in [5.41, 5.74) is -0.449. The predicted octanol–water partition coefficient (Wildman–Crippen LogP) is 2.48. The number of hydrogen-bond donors (Lipinski definition) is 2. The van der Waals surface area contributed by atoms with Gasteiger partial charge in [-0.15, -0.1) is 0 Å². The van der Waals surface area contributed by atoms with Crippen LogP contribution < -0.4 is 5.32 Å². The van der Waals surface area contributed by atoms with Crippen LogP contribution in [-0.4, -0.2) is 53.3 Å². The van der Waals surface area contributed by atoms with Crippen molar-refractivity contribution in [2.75, 3.05) is 19.6 Å². The van der Waals surface area contributed by atoms with Crippen molar-refractivity contribution in [2.24, 2.45) is 5.92 Å². The Bertz CT molecular complexity index is 371. The Hall–Kier alpha value is -1.30. The average Bonchev–Trinajstić information content (AvgIpc) is 2.41. The maximum atomic E-state index is 12.0. The largest absolute Gasteiger partial charge is 0.481 e. The highest BCUT2D eigenvalue weighted by Crippen LogP contribution is 2.19. The second-order valence-electron chi connectivity index (χ2n) is 7.15. The van der Waals surface area contributed by atoms with Gasteiger partial charge < -0.3 is 20.1 Å². The summed E-state index contributed by atoms with van der Waals surface area (Å²) in [6.45, 7) is 9.97. The van der Waals surface area contributed by atoms with E-state index in [1.807, 2.05) is 27.7 Å². The Morgan fingerprint density at radius 1 is 1.32 bits per heavy atom. The fraction of sp³-hybridized carbons (Fsp3) is 0.875. The van der Waals surface area contributed by atoms with E-state index < -0.39 is 11.6 Å². The minimum absolute atomic E-state index is 0.200. The summed E-state index contributed by atoms with van der Waals surface area (Å²) in [5, 5.41) is 12.1. The first-order valence-corrected chi connectivity index (χ1v) is 8.10. The number of rotatable bonds is 6. The van der Waals surface area contributed by atoms with Gasteiger partial charge in [-0.2, -0.15) is 0 Å². The first-order chi connectivity index (χ1) is 10.2. The molecular weight excluding hydrogens is 284 g/mol. The van der Waals surface area contributed by atoms with E-state index in [1.165, 1.54) is 0 Å². The van der Waals surface area contributed by atoms with Gasteiger partial charge in [-0.05, 0) is 59.4 Å². The number of nitrogens with one attached hydrogen (secondary N) is 1. The molecule has 6 nitrogen and oxygen atoms in total. The van der Waals surface area contributed by atoms with Crippen LogP contribution in [0.2, 0.25) is 0 Å².